The summed E-state index contributed by atoms with van der Waals surface area (Å²) in [5, 5.41) is 5.63. The van der Waals surface area contributed by atoms with E-state index < -0.39 is 0 Å². The molecule has 0 bridgehead atoms. The van der Waals surface area contributed by atoms with E-state index in [1.54, 1.807) is 6.07 Å². The molecule has 3 rings (SSSR count). The summed E-state index contributed by atoms with van der Waals surface area (Å²) in [6.45, 7) is 0. The van der Waals surface area contributed by atoms with Gasteiger partial charge < -0.3 is 5.32 Å². The lowest BCUT2D eigenvalue weighted by Gasteiger charge is -2.17. The first-order valence-corrected chi connectivity index (χ1v) is 7.27. The topological polar surface area (TPSA) is 12.0 Å². The van der Waals surface area contributed by atoms with E-state index in [0.717, 1.165) is 23.6 Å². The van der Waals surface area contributed by atoms with Crippen LogP contribution in [0.3, 0.4) is 0 Å². The fraction of sp³-hybridized carbons (Fsp3) is 0.200. The number of aryl methyl sites for hydroxylation is 1. The number of halogens is 3. The molecule has 0 saturated heterocycles. The Balaban J connectivity index is 1.88. The molecular formula is C15H12Cl3N. The van der Waals surface area contributed by atoms with Gasteiger partial charge in [0, 0.05) is 10.0 Å². The van der Waals surface area contributed by atoms with Gasteiger partial charge in [0.15, 0.2) is 0 Å². The molecule has 0 amide bonds. The Morgan fingerprint density at radius 1 is 0.947 bits per heavy atom. The number of fused-ring (bicyclic) bond motifs is 1. The highest BCUT2D eigenvalue weighted by Crippen LogP contribution is 2.37. The molecule has 0 heterocycles. The predicted molar refractivity (Wildman–Crippen MR) is 82.6 cm³/mol. The van der Waals surface area contributed by atoms with Crippen molar-refractivity contribution in [2.75, 3.05) is 5.32 Å². The van der Waals surface area contributed by atoms with Crippen LogP contribution in [-0.2, 0) is 6.42 Å². The van der Waals surface area contributed by atoms with Gasteiger partial charge in [-0.3, -0.25) is 0 Å². The van der Waals surface area contributed by atoms with E-state index in [2.05, 4.69) is 11.4 Å². The van der Waals surface area contributed by atoms with Crippen LogP contribution in [-0.4, -0.2) is 0 Å². The highest BCUT2D eigenvalue weighted by molar-refractivity contribution is 6.35. The lowest BCUT2D eigenvalue weighted by Crippen LogP contribution is -2.07. The summed E-state index contributed by atoms with van der Waals surface area (Å²) in [6, 6.07) is 11.8. The second-order valence-electron chi connectivity index (χ2n) is 4.70. The van der Waals surface area contributed by atoms with Crippen LogP contribution in [0, 0.1) is 0 Å². The smallest absolute Gasteiger partial charge is 0.0638 e. The van der Waals surface area contributed by atoms with E-state index in [9.17, 15) is 0 Å². The van der Waals surface area contributed by atoms with Crippen LogP contribution in [0.25, 0.3) is 0 Å². The van der Waals surface area contributed by atoms with Crippen molar-refractivity contribution in [2.24, 2.45) is 0 Å². The number of rotatable bonds is 2. The summed E-state index contributed by atoms with van der Waals surface area (Å²) in [4.78, 5) is 0. The van der Waals surface area contributed by atoms with Gasteiger partial charge in [0.05, 0.1) is 16.8 Å². The van der Waals surface area contributed by atoms with E-state index in [4.69, 9.17) is 34.8 Å². The van der Waals surface area contributed by atoms with Gasteiger partial charge in [-0.15, -0.1) is 0 Å². The number of hydrogen-bond donors (Lipinski definition) is 1. The van der Waals surface area contributed by atoms with Crippen molar-refractivity contribution in [1.82, 2.24) is 0 Å². The summed E-state index contributed by atoms with van der Waals surface area (Å²) in [7, 11) is 0. The zero-order valence-corrected chi connectivity index (χ0v) is 12.4. The summed E-state index contributed by atoms with van der Waals surface area (Å²) in [5.41, 5.74) is 3.48. The standard InChI is InChI=1S/C15H12Cl3N/c16-10-2-4-12-9(7-10)1-6-14(12)19-15-8-11(17)3-5-13(15)18/h2-5,7-8,14,19H,1,6H2. The third kappa shape index (κ3) is 2.69. The summed E-state index contributed by atoms with van der Waals surface area (Å²) >= 11 is 18.2. The Bertz CT molecular complexity index is 625. The third-order valence-electron chi connectivity index (χ3n) is 3.44. The molecule has 1 atom stereocenters. The first kappa shape index (κ1) is 13.1. The Kier molecular flexibility index (Phi) is 3.62. The van der Waals surface area contributed by atoms with Crippen molar-refractivity contribution in [2.45, 2.75) is 18.9 Å². The van der Waals surface area contributed by atoms with Crippen LogP contribution in [0.2, 0.25) is 15.1 Å². The maximum atomic E-state index is 6.18. The minimum Gasteiger partial charge on any atom is -0.377 e. The maximum Gasteiger partial charge on any atom is 0.0638 e. The Morgan fingerprint density at radius 2 is 1.68 bits per heavy atom. The second kappa shape index (κ2) is 5.24. The normalized spacial score (nSPS) is 17.3. The van der Waals surface area contributed by atoms with E-state index >= 15 is 0 Å². The summed E-state index contributed by atoms with van der Waals surface area (Å²) in [5.74, 6) is 0. The van der Waals surface area contributed by atoms with Gasteiger partial charge in [0.25, 0.3) is 0 Å². The molecular weight excluding hydrogens is 301 g/mol. The first-order valence-electron chi connectivity index (χ1n) is 6.13. The Hall–Kier alpha value is -0.890. The Morgan fingerprint density at radius 3 is 2.53 bits per heavy atom. The highest BCUT2D eigenvalue weighted by Gasteiger charge is 2.22. The molecule has 98 valence electrons. The van der Waals surface area contributed by atoms with Gasteiger partial charge in [-0.2, -0.15) is 0 Å². The average molecular weight is 313 g/mol. The van der Waals surface area contributed by atoms with E-state index in [-0.39, 0.29) is 6.04 Å². The van der Waals surface area contributed by atoms with Crippen LogP contribution in [0.15, 0.2) is 36.4 Å². The minimum atomic E-state index is 0.267. The third-order valence-corrected chi connectivity index (χ3v) is 4.24. The molecule has 0 aromatic heterocycles. The second-order valence-corrected chi connectivity index (χ2v) is 5.98. The van der Waals surface area contributed by atoms with Gasteiger partial charge in [0.2, 0.25) is 0 Å². The largest absolute Gasteiger partial charge is 0.377 e. The van der Waals surface area contributed by atoms with Gasteiger partial charge in [-0.05, 0) is 54.3 Å². The van der Waals surface area contributed by atoms with Crippen LogP contribution in [0.4, 0.5) is 5.69 Å². The molecule has 0 radical (unpaired) electrons. The fourth-order valence-electron chi connectivity index (χ4n) is 2.53. The number of nitrogens with one attached hydrogen (secondary N) is 1. The lowest BCUT2D eigenvalue weighted by molar-refractivity contribution is 0.762. The molecule has 0 saturated carbocycles. The molecule has 1 aliphatic rings. The average Bonchev–Trinajstić information content (AvgIpc) is 2.76. The quantitative estimate of drug-likeness (QED) is 0.745. The van der Waals surface area contributed by atoms with Crippen LogP contribution in [0.5, 0.6) is 0 Å². The SMILES string of the molecule is Clc1ccc2c(c1)CCC2Nc1cc(Cl)ccc1Cl. The van der Waals surface area contributed by atoms with Crippen LogP contribution >= 0.6 is 34.8 Å². The molecule has 1 N–H and O–H groups in total. The highest BCUT2D eigenvalue weighted by atomic mass is 35.5. The van der Waals surface area contributed by atoms with Crippen molar-refractivity contribution in [3.05, 3.63) is 62.6 Å². The summed E-state index contributed by atoms with van der Waals surface area (Å²) < 4.78 is 0. The van der Waals surface area contributed by atoms with Crippen molar-refractivity contribution < 1.29 is 0 Å². The molecule has 1 nitrogen and oxygen atoms in total. The van der Waals surface area contributed by atoms with E-state index in [0.29, 0.717) is 10.0 Å². The van der Waals surface area contributed by atoms with Crippen molar-refractivity contribution in [1.29, 1.82) is 0 Å². The maximum absolute atomic E-state index is 6.18. The number of anilines is 1. The lowest BCUT2D eigenvalue weighted by atomic mass is 10.1. The van der Waals surface area contributed by atoms with Crippen molar-refractivity contribution in [3.8, 4) is 0 Å². The molecule has 2 aromatic carbocycles. The minimum absolute atomic E-state index is 0.267. The zero-order chi connectivity index (χ0) is 13.4. The molecule has 4 heteroatoms. The van der Waals surface area contributed by atoms with Gasteiger partial charge in [-0.25, -0.2) is 0 Å². The van der Waals surface area contributed by atoms with Crippen molar-refractivity contribution in [3.63, 3.8) is 0 Å². The monoisotopic (exact) mass is 311 g/mol. The zero-order valence-electron chi connectivity index (χ0n) is 10.1. The predicted octanol–water partition coefficient (Wildman–Crippen LogP) is 5.75. The molecule has 1 unspecified atom stereocenters. The molecule has 1 aliphatic carbocycles. The molecule has 19 heavy (non-hydrogen) atoms. The van der Waals surface area contributed by atoms with E-state index in [1.807, 2.05) is 24.3 Å². The van der Waals surface area contributed by atoms with E-state index in [1.165, 1.54) is 11.1 Å². The molecule has 0 aliphatic heterocycles. The van der Waals surface area contributed by atoms with Crippen LogP contribution < -0.4 is 5.32 Å². The fourth-order valence-corrected chi connectivity index (χ4v) is 3.07. The Labute approximate surface area is 127 Å². The molecule has 0 fully saturated rings. The van der Waals surface area contributed by atoms with Gasteiger partial charge >= 0.3 is 0 Å². The van der Waals surface area contributed by atoms with Gasteiger partial charge in [0.1, 0.15) is 0 Å². The number of benzene rings is 2. The van der Waals surface area contributed by atoms with Crippen LogP contribution in [0.1, 0.15) is 23.6 Å². The number of hydrogen-bond acceptors (Lipinski definition) is 1. The molecule has 0 spiro atoms. The van der Waals surface area contributed by atoms with Gasteiger partial charge in [-0.1, -0.05) is 40.9 Å². The molecule has 2 aromatic rings. The van der Waals surface area contributed by atoms with Crippen molar-refractivity contribution >= 4 is 40.5 Å². The first-order chi connectivity index (χ1) is 9.13. The summed E-state index contributed by atoms with van der Waals surface area (Å²) in [6.07, 6.45) is 2.07.